The summed E-state index contributed by atoms with van der Waals surface area (Å²) in [7, 11) is 2.23. The summed E-state index contributed by atoms with van der Waals surface area (Å²) < 4.78 is 5.33. The van der Waals surface area contributed by atoms with E-state index in [4.69, 9.17) is 4.74 Å². The van der Waals surface area contributed by atoms with E-state index in [2.05, 4.69) is 18.9 Å². The van der Waals surface area contributed by atoms with Gasteiger partial charge in [0, 0.05) is 13.2 Å². The van der Waals surface area contributed by atoms with Crippen molar-refractivity contribution in [3.05, 3.63) is 0 Å². The highest BCUT2D eigenvalue weighted by Crippen LogP contribution is 2.21. The van der Waals surface area contributed by atoms with Crippen LogP contribution in [-0.4, -0.2) is 38.3 Å². The molecular formula is C14H31NO. The molecule has 1 aliphatic rings. The van der Waals surface area contributed by atoms with Gasteiger partial charge in [-0.05, 0) is 52.2 Å². The van der Waals surface area contributed by atoms with Crippen LogP contribution in [0.15, 0.2) is 0 Å². The Labute approximate surface area is 102 Å². The minimum Gasteiger partial charge on any atom is -0.382 e. The van der Waals surface area contributed by atoms with Crippen molar-refractivity contribution in [1.82, 2.24) is 4.90 Å². The molecule has 2 heteroatoms. The predicted molar refractivity (Wildman–Crippen MR) is 71.9 cm³/mol. The first kappa shape index (κ1) is 15.9. The number of rotatable bonds is 6. The van der Waals surface area contributed by atoms with E-state index in [1.807, 2.05) is 13.8 Å². The van der Waals surface area contributed by atoms with Crippen molar-refractivity contribution >= 4 is 0 Å². The van der Waals surface area contributed by atoms with Crippen LogP contribution in [0.5, 0.6) is 0 Å². The summed E-state index contributed by atoms with van der Waals surface area (Å²) in [6.45, 7) is 10.5. The molecule has 1 aliphatic heterocycles. The summed E-state index contributed by atoms with van der Waals surface area (Å²) in [6.07, 6.45) is 6.84. The molecule has 0 radical (unpaired) electrons. The Morgan fingerprint density at radius 3 is 2.31 bits per heavy atom. The van der Waals surface area contributed by atoms with E-state index in [9.17, 15) is 0 Å². The van der Waals surface area contributed by atoms with E-state index in [1.165, 1.54) is 45.2 Å². The van der Waals surface area contributed by atoms with E-state index >= 15 is 0 Å². The lowest BCUT2D eigenvalue weighted by molar-refractivity contribution is 0.139. The molecule has 1 fully saturated rings. The van der Waals surface area contributed by atoms with Crippen molar-refractivity contribution in [3.8, 4) is 0 Å². The maximum absolute atomic E-state index is 5.33. The van der Waals surface area contributed by atoms with Gasteiger partial charge in [-0.25, -0.2) is 0 Å². The van der Waals surface area contributed by atoms with Crippen molar-refractivity contribution in [3.63, 3.8) is 0 Å². The van der Waals surface area contributed by atoms with E-state index in [-0.39, 0.29) is 0 Å². The molecule has 0 unspecified atom stereocenters. The van der Waals surface area contributed by atoms with Crippen molar-refractivity contribution < 1.29 is 4.74 Å². The van der Waals surface area contributed by atoms with Gasteiger partial charge in [-0.3, -0.25) is 0 Å². The third-order valence-electron chi connectivity index (χ3n) is 3.19. The van der Waals surface area contributed by atoms with Gasteiger partial charge in [0.1, 0.15) is 0 Å². The Balaban J connectivity index is 0.00000106. The van der Waals surface area contributed by atoms with Gasteiger partial charge in [0.25, 0.3) is 0 Å². The molecule has 1 heterocycles. The Kier molecular flexibility index (Phi) is 11.3. The summed E-state index contributed by atoms with van der Waals surface area (Å²) in [5, 5.41) is 0. The Morgan fingerprint density at radius 2 is 1.75 bits per heavy atom. The third kappa shape index (κ3) is 8.12. The van der Waals surface area contributed by atoms with Gasteiger partial charge in [-0.15, -0.1) is 0 Å². The van der Waals surface area contributed by atoms with Gasteiger partial charge in [0.05, 0.1) is 0 Å². The van der Waals surface area contributed by atoms with Crippen LogP contribution in [0.25, 0.3) is 0 Å². The molecule has 1 saturated heterocycles. The molecule has 16 heavy (non-hydrogen) atoms. The van der Waals surface area contributed by atoms with Crippen molar-refractivity contribution in [2.75, 3.05) is 33.4 Å². The molecule has 0 aromatic carbocycles. The fourth-order valence-electron chi connectivity index (χ4n) is 2.13. The highest BCUT2D eigenvalue weighted by Gasteiger charge is 2.15. The zero-order valence-corrected chi connectivity index (χ0v) is 11.8. The summed E-state index contributed by atoms with van der Waals surface area (Å²) in [5.74, 6) is 0.993. The SMILES string of the molecule is CC.CCOCCCCC1CCN(C)CC1. The first-order valence-corrected chi connectivity index (χ1v) is 7.09. The van der Waals surface area contributed by atoms with Crippen molar-refractivity contribution in [1.29, 1.82) is 0 Å². The number of ether oxygens (including phenoxy) is 1. The zero-order chi connectivity index (χ0) is 12.2. The van der Waals surface area contributed by atoms with Crippen LogP contribution in [0.2, 0.25) is 0 Å². The molecule has 0 saturated carbocycles. The number of likely N-dealkylation sites (tertiary alicyclic amines) is 1. The van der Waals surface area contributed by atoms with Gasteiger partial charge in [-0.2, -0.15) is 0 Å². The second-order valence-electron chi connectivity index (χ2n) is 4.44. The molecular weight excluding hydrogens is 198 g/mol. The summed E-state index contributed by atoms with van der Waals surface area (Å²) in [6, 6.07) is 0. The predicted octanol–water partition coefficient (Wildman–Crippen LogP) is 3.56. The minimum atomic E-state index is 0.869. The first-order valence-electron chi connectivity index (χ1n) is 7.09. The van der Waals surface area contributed by atoms with Gasteiger partial charge in [0.15, 0.2) is 0 Å². The van der Waals surface area contributed by atoms with E-state index < -0.39 is 0 Å². The van der Waals surface area contributed by atoms with Crippen LogP contribution < -0.4 is 0 Å². The number of hydrogen-bond donors (Lipinski definition) is 0. The van der Waals surface area contributed by atoms with Gasteiger partial charge in [0.2, 0.25) is 0 Å². The second-order valence-corrected chi connectivity index (χ2v) is 4.44. The smallest absolute Gasteiger partial charge is 0.0465 e. The molecule has 0 amide bonds. The minimum absolute atomic E-state index is 0.869. The molecule has 0 aromatic rings. The lowest BCUT2D eigenvalue weighted by Gasteiger charge is -2.28. The van der Waals surface area contributed by atoms with E-state index in [1.54, 1.807) is 0 Å². The van der Waals surface area contributed by atoms with Gasteiger partial charge < -0.3 is 9.64 Å². The van der Waals surface area contributed by atoms with Gasteiger partial charge in [-0.1, -0.05) is 26.7 Å². The highest BCUT2D eigenvalue weighted by molar-refractivity contribution is 4.69. The molecule has 1 rings (SSSR count). The Hall–Kier alpha value is -0.0800. The van der Waals surface area contributed by atoms with Crippen LogP contribution in [-0.2, 0) is 4.74 Å². The Bertz CT molecular complexity index is 131. The maximum atomic E-state index is 5.33. The molecule has 0 bridgehead atoms. The quantitative estimate of drug-likeness (QED) is 0.646. The van der Waals surface area contributed by atoms with Crippen LogP contribution in [0, 0.1) is 5.92 Å². The third-order valence-corrected chi connectivity index (χ3v) is 3.19. The highest BCUT2D eigenvalue weighted by atomic mass is 16.5. The van der Waals surface area contributed by atoms with Crippen molar-refractivity contribution in [2.24, 2.45) is 5.92 Å². The topological polar surface area (TPSA) is 12.5 Å². The average molecular weight is 229 g/mol. The molecule has 0 N–H and O–H groups in total. The van der Waals surface area contributed by atoms with Crippen LogP contribution in [0.3, 0.4) is 0 Å². The first-order chi connectivity index (χ1) is 7.83. The molecule has 2 nitrogen and oxygen atoms in total. The van der Waals surface area contributed by atoms with Crippen LogP contribution in [0.1, 0.15) is 52.9 Å². The fraction of sp³-hybridized carbons (Fsp3) is 1.00. The largest absolute Gasteiger partial charge is 0.382 e. The molecule has 0 aliphatic carbocycles. The number of piperidine rings is 1. The van der Waals surface area contributed by atoms with Crippen LogP contribution in [0.4, 0.5) is 0 Å². The fourth-order valence-corrected chi connectivity index (χ4v) is 2.13. The number of unbranched alkanes of at least 4 members (excludes halogenated alkanes) is 1. The van der Waals surface area contributed by atoms with E-state index in [0.717, 1.165) is 19.1 Å². The second kappa shape index (κ2) is 11.4. The summed E-state index contributed by atoms with van der Waals surface area (Å²) >= 11 is 0. The Morgan fingerprint density at radius 1 is 1.12 bits per heavy atom. The number of nitrogens with zero attached hydrogens (tertiary/aromatic N) is 1. The standard InChI is InChI=1S/C12H25NO.C2H6/c1-3-14-11-5-4-6-12-7-9-13(2)10-8-12;1-2/h12H,3-11H2,1-2H3;1-2H3. The summed E-state index contributed by atoms with van der Waals surface area (Å²) in [4.78, 5) is 2.44. The van der Waals surface area contributed by atoms with Crippen LogP contribution >= 0.6 is 0 Å². The molecule has 0 atom stereocenters. The lowest BCUT2D eigenvalue weighted by Crippen LogP contribution is -2.30. The lowest BCUT2D eigenvalue weighted by atomic mass is 9.92. The van der Waals surface area contributed by atoms with Gasteiger partial charge >= 0.3 is 0 Å². The molecule has 98 valence electrons. The normalized spacial score (nSPS) is 18.0. The maximum Gasteiger partial charge on any atom is 0.0465 e. The monoisotopic (exact) mass is 229 g/mol. The molecule has 0 spiro atoms. The van der Waals surface area contributed by atoms with Crippen molar-refractivity contribution in [2.45, 2.75) is 52.9 Å². The average Bonchev–Trinajstić information content (AvgIpc) is 2.34. The molecule has 0 aromatic heterocycles. The summed E-state index contributed by atoms with van der Waals surface area (Å²) in [5.41, 5.74) is 0. The number of hydrogen-bond acceptors (Lipinski definition) is 2. The zero-order valence-electron chi connectivity index (χ0n) is 11.8. The van der Waals surface area contributed by atoms with E-state index in [0.29, 0.717) is 0 Å².